The molecule has 1 amide bonds. The average Bonchev–Trinajstić information content (AvgIpc) is 2.50. The summed E-state index contributed by atoms with van der Waals surface area (Å²) in [5.74, 6) is -4.23. The van der Waals surface area contributed by atoms with Gasteiger partial charge in [-0.15, -0.1) is 0 Å². The van der Waals surface area contributed by atoms with E-state index < -0.39 is 35.7 Å². The van der Waals surface area contributed by atoms with Crippen LogP contribution in [0.25, 0.3) is 0 Å². The molecule has 0 saturated heterocycles. The van der Waals surface area contributed by atoms with E-state index in [4.69, 9.17) is 23.2 Å². The van der Waals surface area contributed by atoms with Gasteiger partial charge < -0.3 is 10.1 Å². The van der Waals surface area contributed by atoms with Crippen molar-refractivity contribution in [2.75, 3.05) is 11.9 Å². The predicted octanol–water partition coefficient (Wildman–Crippen LogP) is 3.77. The SMILES string of the molecule is Cc1nc(NC(=O)COC(=O)c2c(F)cccc2F)c(Cl)cc1Cl. The number of halogens is 4. The molecule has 0 fully saturated rings. The first-order valence-electron chi connectivity index (χ1n) is 6.53. The van der Waals surface area contributed by atoms with Crippen LogP contribution in [0.4, 0.5) is 14.6 Å². The molecule has 0 saturated carbocycles. The minimum absolute atomic E-state index is 0.0247. The van der Waals surface area contributed by atoms with Gasteiger partial charge in [0, 0.05) is 0 Å². The van der Waals surface area contributed by atoms with Gasteiger partial charge in [-0.25, -0.2) is 18.6 Å². The molecule has 9 heteroatoms. The molecule has 0 aliphatic carbocycles. The molecule has 0 aliphatic heterocycles. The Morgan fingerprint density at radius 1 is 1.21 bits per heavy atom. The largest absolute Gasteiger partial charge is 0.452 e. The molecule has 2 rings (SSSR count). The Kier molecular flexibility index (Phi) is 5.69. The first kappa shape index (κ1) is 18.1. The van der Waals surface area contributed by atoms with E-state index in [1.165, 1.54) is 6.07 Å². The number of carbonyl (C=O) groups excluding carboxylic acids is 2. The Morgan fingerprint density at radius 3 is 2.46 bits per heavy atom. The van der Waals surface area contributed by atoms with Crippen LogP contribution in [0.1, 0.15) is 16.1 Å². The summed E-state index contributed by atoms with van der Waals surface area (Å²) in [7, 11) is 0. The Bertz CT molecular complexity index is 795. The molecular formula is C15H10Cl2F2N2O3. The molecule has 126 valence electrons. The van der Waals surface area contributed by atoms with Crippen LogP contribution >= 0.6 is 23.2 Å². The van der Waals surface area contributed by atoms with Gasteiger partial charge in [-0.3, -0.25) is 4.79 Å². The molecule has 0 aliphatic rings. The average molecular weight is 375 g/mol. The summed E-state index contributed by atoms with van der Waals surface area (Å²) in [6.45, 7) is 0.835. The van der Waals surface area contributed by atoms with Gasteiger partial charge in [0.15, 0.2) is 12.4 Å². The predicted molar refractivity (Wildman–Crippen MR) is 84.3 cm³/mol. The number of pyridine rings is 1. The first-order chi connectivity index (χ1) is 11.3. The summed E-state index contributed by atoms with van der Waals surface area (Å²) in [6.07, 6.45) is 0. The molecule has 5 nitrogen and oxygen atoms in total. The van der Waals surface area contributed by atoms with Gasteiger partial charge >= 0.3 is 5.97 Å². The molecule has 0 spiro atoms. The van der Waals surface area contributed by atoms with Crippen molar-refractivity contribution in [3.05, 3.63) is 57.2 Å². The van der Waals surface area contributed by atoms with Crippen LogP contribution in [0.2, 0.25) is 10.0 Å². The number of esters is 1. The second-order valence-electron chi connectivity index (χ2n) is 4.61. The number of aryl methyl sites for hydroxylation is 1. The fourth-order valence-corrected chi connectivity index (χ4v) is 2.12. The van der Waals surface area contributed by atoms with Crippen LogP contribution in [-0.4, -0.2) is 23.5 Å². The summed E-state index contributed by atoms with van der Waals surface area (Å²) < 4.78 is 31.4. The number of amides is 1. The highest BCUT2D eigenvalue weighted by Gasteiger charge is 2.20. The molecule has 0 radical (unpaired) electrons. The summed E-state index contributed by atoms with van der Waals surface area (Å²) in [5.41, 5.74) is -0.439. The molecular weight excluding hydrogens is 365 g/mol. The molecule has 2 aromatic rings. The van der Waals surface area contributed by atoms with E-state index in [9.17, 15) is 18.4 Å². The van der Waals surface area contributed by atoms with Crippen molar-refractivity contribution in [1.29, 1.82) is 0 Å². The van der Waals surface area contributed by atoms with E-state index in [0.717, 1.165) is 18.2 Å². The van der Waals surface area contributed by atoms with Gasteiger partial charge in [-0.1, -0.05) is 29.3 Å². The van der Waals surface area contributed by atoms with Crippen LogP contribution in [0.3, 0.4) is 0 Å². The molecule has 1 N–H and O–H groups in total. The number of rotatable bonds is 4. The zero-order valence-corrected chi connectivity index (χ0v) is 13.7. The van der Waals surface area contributed by atoms with Crippen molar-refractivity contribution in [2.24, 2.45) is 0 Å². The Hall–Kier alpha value is -2.25. The van der Waals surface area contributed by atoms with Crippen molar-refractivity contribution < 1.29 is 23.1 Å². The van der Waals surface area contributed by atoms with E-state index in [2.05, 4.69) is 15.0 Å². The quantitative estimate of drug-likeness (QED) is 0.827. The minimum Gasteiger partial charge on any atom is -0.452 e. The highest BCUT2D eigenvalue weighted by Crippen LogP contribution is 2.25. The Morgan fingerprint density at radius 2 is 1.83 bits per heavy atom. The van der Waals surface area contributed by atoms with Crippen molar-refractivity contribution in [1.82, 2.24) is 4.98 Å². The van der Waals surface area contributed by atoms with Gasteiger partial charge in [0.05, 0.1) is 15.7 Å². The van der Waals surface area contributed by atoms with E-state index in [0.29, 0.717) is 10.7 Å². The normalized spacial score (nSPS) is 10.4. The number of aromatic nitrogens is 1. The van der Waals surface area contributed by atoms with Crippen molar-refractivity contribution >= 4 is 40.9 Å². The number of nitrogens with one attached hydrogen (secondary N) is 1. The molecule has 1 aromatic carbocycles. The van der Waals surface area contributed by atoms with E-state index in [1.54, 1.807) is 6.92 Å². The lowest BCUT2D eigenvalue weighted by Crippen LogP contribution is -2.22. The smallest absolute Gasteiger partial charge is 0.344 e. The van der Waals surface area contributed by atoms with Crippen LogP contribution in [-0.2, 0) is 9.53 Å². The van der Waals surface area contributed by atoms with Crippen LogP contribution < -0.4 is 5.32 Å². The van der Waals surface area contributed by atoms with Gasteiger partial charge in [0.25, 0.3) is 5.91 Å². The minimum atomic E-state index is -1.30. The third-order valence-electron chi connectivity index (χ3n) is 2.86. The standard InChI is InChI=1S/C15H10Cl2F2N2O3/c1-7-8(16)5-9(17)14(20-7)21-12(22)6-24-15(23)13-10(18)3-2-4-11(13)19/h2-5H,6H2,1H3,(H,20,21,22). The van der Waals surface area contributed by atoms with Crippen LogP contribution in [0.5, 0.6) is 0 Å². The van der Waals surface area contributed by atoms with Crippen LogP contribution in [0.15, 0.2) is 24.3 Å². The lowest BCUT2D eigenvalue weighted by molar-refractivity contribution is -0.119. The highest BCUT2D eigenvalue weighted by molar-refractivity contribution is 6.36. The summed E-state index contributed by atoms with van der Waals surface area (Å²) >= 11 is 11.7. The van der Waals surface area contributed by atoms with Crippen LogP contribution in [0, 0.1) is 18.6 Å². The summed E-state index contributed by atoms with van der Waals surface area (Å²) in [4.78, 5) is 27.4. The maximum atomic E-state index is 13.4. The highest BCUT2D eigenvalue weighted by atomic mass is 35.5. The van der Waals surface area contributed by atoms with Crippen molar-refractivity contribution in [3.63, 3.8) is 0 Å². The molecule has 0 atom stereocenters. The Labute approximate surface area is 145 Å². The second kappa shape index (κ2) is 7.55. The number of benzene rings is 1. The molecule has 0 unspecified atom stereocenters. The van der Waals surface area contributed by atoms with Gasteiger partial charge in [-0.2, -0.15) is 0 Å². The number of nitrogens with zero attached hydrogens (tertiary/aromatic N) is 1. The number of anilines is 1. The Balaban J connectivity index is 2.01. The molecule has 1 heterocycles. The van der Waals surface area contributed by atoms with Gasteiger partial charge in [-0.05, 0) is 25.1 Å². The topological polar surface area (TPSA) is 68.3 Å². The maximum absolute atomic E-state index is 13.4. The lowest BCUT2D eigenvalue weighted by Gasteiger charge is -2.09. The number of hydrogen-bond acceptors (Lipinski definition) is 4. The first-order valence-corrected chi connectivity index (χ1v) is 7.29. The third-order valence-corrected chi connectivity index (χ3v) is 3.53. The van der Waals surface area contributed by atoms with E-state index in [1.807, 2.05) is 0 Å². The number of ether oxygens (including phenoxy) is 1. The van der Waals surface area contributed by atoms with E-state index >= 15 is 0 Å². The number of carbonyl (C=O) groups is 2. The summed E-state index contributed by atoms with van der Waals surface area (Å²) in [5, 5.41) is 2.72. The molecule has 1 aromatic heterocycles. The summed E-state index contributed by atoms with van der Waals surface area (Å²) in [6, 6.07) is 4.30. The third kappa shape index (κ3) is 4.18. The lowest BCUT2D eigenvalue weighted by atomic mass is 10.2. The number of hydrogen-bond donors (Lipinski definition) is 1. The maximum Gasteiger partial charge on any atom is 0.344 e. The zero-order chi connectivity index (χ0) is 17.9. The second-order valence-corrected chi connectivity index (χ2v) is 5.42. The molecule has 24 heavy (non-hydrogen) atoms. The van der Waals surface area contributed by atoms with Crippen molar-refractivity contribution in [2.45, 2.75) is 6.92 Å². The fraction of sp³-hybridized carbons (Fsp3) is 0.133. The molecule has 0 bridgehead atoms. The monoisotopic (exact) mass is 374 g/mol. The van der Waals surface area contributed by atoms with E-state index in [-0.39, 0.29) is 10.8 Å². The van der Waals surface area contributed by atoms with Gasteiger partial charge in [0.2, 0.25) is 0 Å². The fourth-order valence-electron chi connectivity index (χ4n) is 1.71. The van der Waals surface area contributed by atoms with Crippen molar-refractivity contribution in [3.8, 4) is 0 Å². The van der Waals surface area contributed by atoms with Gasteiger partial charge in [0.1, 0.15) is 17.2 Å². The zero-order valence-electron chi connectivity index (χ0n) is 12.2.